The van der Waals surface area contributed by atoms with Gasteiger partial charge in [0.1, 0.15) is 5.60 Å². The molecule has 5 rings (SSSR count). The fourth-order valence-corrected chi connectivity index (χ4v) is 12.1. The lowest BCUT2D eigenvalue weighted by molar-refractivity contribution is -0.337. The van der Waals surface area contributed by atoms with Crippen LogP contribution in [0.2, 0.25) is 0 Å². The van der Waals surface area contributed by atoms with Gasteiger partial charge in [0.05, 0.1) is 36.6 Å². The Morgan fingerprint density at radius 3 is 2.12 bits per heavy atom. The van der Waals surface area contributed by atoms with E-state index in [2.05, 4.69) is 27.7 Å². The van der Waals surface area contributed by atoms with Crippen LogP contribution >= 0.6 is 0 Å². The normalized spacial score (nSPS) is 55.4. The molecule has 0 saturated heterocycles. The van der Waals surface area contributed by atoms with Gasteiger partial charge in [-0.05, 0) is 92.8 Å². The molecule has 5 aliphatic carbocycles. The van der Waals surface area contributed by atoms with E-state index < -0.39 is 64.9 Å². The van der Waals surface area contributed by atoms with E-state index in [4.69, 9.17) is 0 Å². The van der Waals surface area contributed by atoms with Crippen molar-refractivity contribution in [2.24, 2.45) is 64.1 Å². The quantitative estimate of drug-likeness (QED) is 0.247. The Hall–Kier alpha value is -0.280. The summed E-state index contributed by atoms with van der Waals surface area (Å²) in [5.41, 5.74) is -3.54. The van der Waals surface area contributed by atoms with E-state index in [0.29, 0.717) is 36.5 Å². The molecule has 7 N–H and O–H groups in total. The van der Waals surface area contributed by atoms with E-state index in [9.17, 15) is 35.7 Å². The third kappa shape index (κ3) is 5.13. The third-order valence-electron chi connectivity index (χ3n) is 14.0. The zero-order valence-corrected chi connectivity index (χ0v) is 27.1. The van der Waals surface area contributed by atoms with E-state index >= 15 is 0 Å². The molecule has 7 heteroatoms. The van der Waals surface area contributed by atoms with Gasteiger partial charge in [-0.25, -0.2) is 0 Å². The first-order chi connectivity index (χ1) is 19.6. The minimum Gasteiger partial charge on any atom is -0.393 e. The van der Waals surface area contributed by atoms with Gasteiger partial charge in [0, 0.05) is 23.2 Å². The van der Waals surface area contributed by atoms with E-state index in [0.717, 1.165) is 25.2 Å². The number of aliphatic hydroxyl groups excluding tert-OH is 6. The minimum absolute atomic E-state index is 0.124. The number of fused-ring (bicyclic) bond motifs is 3. The summed E-state index contributed by atoms with van der Waals surface area (Å²) in [4.78, 5) is 0. The smallest absolute Gasteiger partial charge is 0.122 e. The molecule has 0 amide bonds. The van der Waals surface area contributed by atoms with Crippen LogP contribution in [0.15, 0.2) is 0 Å². The highest BCUT2D eigenvalue weighted by atomic mass is 16.4. The third-order valence-corrected chi connectivity index (χ3v) is 14.0. The first kappa shape index (κ1) is 33.1. The summed E-state index contributed by atoms with van der Waals surface area (Å²) >= 11 is 0. The molecule has 0 aromatic carbocycles. The molecule has 5 aliphatic rings. The molecule has 42 heavy (non-hydrogen) atoms. The SMILES string of the molecule is CCC1CCC(CCC(C)C)CC1C1CCC(O)C2C(O)C3C(O)[C@]4(O)C(O)C(C(C)O)C(O)C[C@]4(C)C[C@]3(C)CC12. The first-order valence-corrected chi connectivity index (χ1v) is 17.4. The molecule has 0 bridgehead atoms. The van der Waals surface area contributed by atoms with Gasteiger partial charge in [0.15, 0.2) is 0 Å². The zero-order chi connectivity index (χ0) is 30.9. The summed E-state index contributed by atoms with van der Waals surface area (Å²) in [6.07, 6.45) is 3.67. The van der Waals surface area contributed by atoms with E-state index in [1.54, 1.807) is 0 Å². The molecular weight excluding hydrogens is 532 g/mol. The van der Waals surface area contributed by atoms with Crippen molar-refractivity contribution in [3.63, 3.8) is 0 Å². The Morgan fingerprint density at radius 1 is 0.810 bits per heavy atom. The van der Waals surface area contributed by atoms with Gasteiger partial charge < -0.3 is 35.7 Å². The number of hydrogen-bond donors (Lipinski definition) is 7. The summed E-state index contributed by atoms with van der Waals surface area (Å²) in [7, 11) is 0. The molecule has 0 aromatic rings. The Morgan fingerprint density at radius 2 is 1.50 bits per heavy atom. The highest BCUT2D eigenvalue weighted by Gasteiger charge is 2.73. The molecule has 0 spiro atoms. The van der Waals surface area contributed by atoms with E-state index in [1.165, 1.54) is 39.0 Å². The van der Waals surface area contributed by atoms with Crippen LogP contribution in [0.25, 0.3) is 0 Å². The second kappa shape index (κ2) is 11.8. The maximum absolute atomic E-state index is 12.2. The van der Waals surface area contributed by atoms with Crippen LogP contribution in [-0.4, -0.2) is 78.0 Å². The highest BCUT2D eigenvalue weighted by molar-refractivity contribution is 5.23. The predicted molar refractivity (Wildman–Crippen MR) is 162 cm³/mol. The van der Waals surface area contributed by atoms with Crippen LogP contribution in [0.1, 0.15) is 112 Å². The van der Waals surface area contributed by atoms with Crippen molar-refractivity contribution in [2.75, 3.05) is 0 Å². The maximum atomic E-state index is 12.2. The van der Waals surface area contributed by atoms with Gasteiger partial charge in [0.25, 0.3) is 0 Å². The highest BCUT2D eigenvalue weighted by Crippen LogP contribution is 2.68. The fraction of sp³-hybridized carbons (Fsp3) is 1.00. The summed E-state index contributed by atoms with van der Waals surface area (Å²) < 4.78 is 0. The molecule has 0 radical (unpaired) electrons. The second-order valence-electron chi connectivity index (χ2n) is 16.9. The van der Waals surface area contributed by atoms with Gasteiger partial charge in [0.2, 0.25) is 0 Å². The maximum Gasteiger partial charge on any atom is 0.122 e. The molecule has 5 saturated carbocycles. The van der Waals surface area contributed by atoms with Gasteiger partial charge in [-0.15, -0.1) is 0 Å². The number of hydrogen-bond acceptors (Lipinski definition) is 7. The van der Waals surface area contributed by atoms with Crippen molar-refractivity contribution < 1.29 is 35.7 Å². The van der Waals surface area contributed by atoms with Crippen molar-refractivity contribution in [3.05, 3.63) is 0 Å². The average molecular weight is 595 g/mol. The summed E-state index contributed by atoms with van der Waals surface area (Å²) in [6.45, 7) is 12.4. The lowest BCUT2D eigenvalue weighted by Crippen LogP contribution is -2.78. The Labute approximate surface area is 254 Å². The first-order valence-electron chi connectivity index (χ1n) is 17.4. The minimum atomic E-state index is -1.99. The predicted octanol–water partition coefficient (Wildman–Crippen LogP) is 3.88. The van der Waals surface area contributed by atoms with Gasteiger partial charge in [-0.3, -0.25) is 0 Å². The second-order valence-corrected chi connectivity index (χ2v) is 16.9. The average Bonchev–Trinajstić information content (AvgIpc) is 2.89. The Balaban J connectivity index is 1.48. The standard InChI is InChI=1S/C35H62O7/c1-7-21-11-10-20(9-8-18(2)3)14-23(21)22-12-13-25(37)28-24(22)15-33(5)17-34(6)16-26(38)27(19(4)36)31(40)35(34,42)32(41)29(33)30(28)39/h18-32,36-42H,7-17H2,1-6H3/t19?,20?,21?,22?,23?,24?,25?,26?,27?,28?,29?,30?,31?,32?,33-,34+,35+/m0/s1. The molecule has 14 unspecified atom stereocenters. The molecule has 5 fully saturated rings. The van der Waals surface area contributed by atoms with Gasteiger partial charge in [-0.2, -0.15) is 0 Å². The van der Waals surface area contributed by atoms with Gasteiger partial charge in [-0.1, -0.05) is 60.3 Å². The molecule has 244 valence electrons. The Bertz CT molecular complexity index is 942. The number of rotatable bonds is 6. The summed E-state index contributed by atoms with van der Waals surface area (Å²) in [5, 5.41) is 80.6. The van der Waals surface area contributed by atoms with Crippen molar-refractivity contribution in [1.29, 1.82) is 0 Å². The molecule has 0 aromatic heterocycles. The number of aliphatic hydroxyl groups is 7. The molecule has 0 heterocycles. The van der Waals surface area contributed by atoms with Gasteiger partial charge >= 0.3 is 0 Å². The Kier molecular flexibility index (Phi) is 9.31. The van der Waals surface area contributed by atoms with Crippen molar-refractivity contribution in [3.8, 4) is 0 Å². The lowest BCUT2D eigenvalue weighted by atomic mass is 9.39. The van der Waals surface area contributed by atoms with Crippen molar-refractivity contribution >= 4 is 0 Å². The van der Waals surface area contributed by atoms with Crippen molar-refractivity contribution in [2.45, 2.75) is 154 Å². The van der Waals surface area contributed by atoms with Crippen LogP contribution < -0.4 is 0 Å². The topological polar surface area (TPSA) is 142 Å². The van der Waals surface area contributed by atoms with Crippen LogP contribution in [0.4, 0.5) is 0 Å². The zero-order valence-electron chi connectivity index (χ0n) is 27.1. The lowest BCUT2D eigenvalue weighted by Gasteiger charge is -2.69. The van der Waals surface area contributed by atoms with Crippen LogP contribution in [0.3, 0.4) is 0 Å². The molecular formula is C35H62O7. The van der Waals surface area contributed by atoms with Crippen LogP contribution in [-0.2, 0) is 0 Å². The molecule has 7 nitrogen and oxygen atoms in total. The van der Waals surface area contributed by atoms with Crippen molar-refractivity contribution in [1.82, 2.24) is 0 Å². The van der Waals surface area contributed by atoms with Crippen LogP contribution in [0.5, 0.6) is 0 Å². The van der Waals surface area contributed by atoms with Crippen LogP contribution in [0, 0.1) is 64.1 Å². The molecule has 17 atom stereocenters. The molecule has 0 aliphatic heterocycles. The monoisotopic (exact) mass is 594 g/mol. The largest absolute Gasteiger partial charge is 0.393 e. The van der Waals surface area contributed by atoms with E-state index in [1.807, 2.05) is 6.92 Å². The summed E-state index contributed by atoms with van der Waals surface area (Å²) in [6, 6.07) is 0. The fourth-order valence-electron chi connectivity index (χ4n) is 12.1. The summed E-state index contributed by atoms with van der Waals surface area (Å²) in [5.74, 6) is 1.10. The van der Waals surface area contributed by atoms with E-state index in [-0.39, 0.29) is 18.3 Å².